The number of carbonyl (C=O) groups excluding carboxylic acids is 1. The number of aromatic nitrogens is 1. The molecule has 1 atom stereocenters. The van der Waals surface area contributed by atoms with Crippen molar-refractivity contribution in [1.82, 2.24) is 4.98 Å². The summed E-state index contributed by atoms with van der Waals surface area (Å²) in [4.78, 5) is 19.5. The molecule has 1 aliphatic carbocycles. The molecule has 5 heteroatoms. The van der Waals surface area contributed by atoms with Gasteiger partial charge in [-0.2, -0.15) is 0 Å². The van der Waals surface area contributed by atoms with Crippen molar-refractivity contribution in [3.05, 3.63) is 40.4 Å². The molecule has 1 aliphatic rings. The Morgan fingerprint density at radius 1 is 1.35 bits per heavy atom. The molecule has 122 valence electrons. The van der Waals surface area contributed by atoms with Crippen molar-refractivity contribution < 1.29 is 4.79 Å². The van der Waals surface area contributed by atoms with Gasteiger partial charge in [0, 0.05) is 20.6 Å². The van der Waals surface area contributed by atoms with Gasteiger partial charge >= 0.3 is 0 Å². The summed E-state index contributed by atoms with van der Waals surface area (Å²) < 4.78 is 0. The van der Waals surface area contributed by atoms with E-state index >= 15 is 0 Å². The third-order valence-electron chi connectivity index (χ3n) is 3.89. The molecule has 0 aliphatic heterocycles. The van der Waals surface area contributed by atoms with E-state index in [9.17, 15) is 4.79 Å². The molecule has 1 aromatic heterocycles. The number of thiazole rings is 1. The Balaban J connectivity index is 1.67. The normalized spacial score (nSPS) is 17.1. The predicted molar refractivity (Wildman–Crippen MR) is 98.7 cm³/mol. The fourth-order valence-electron chi connectivity index (χ4n) is 2.72. The predicted octanol–water partition coefficient (Wildman–Crippen LogP) is 5.02. The third kappa shape index (κ3) is 4.15. The van der Waals surface area contributed by atoms with Gasteiger partial charge in [-0.25, -0.2) is 4.98 Å². The molecule has 0 radical (unpaired) electrons. The lowest BCUT2D eigenvalue weighted by Gasteiger charge is -2.15. The fraction of sp³-hybridized carbons (Fsp3) is 0.444. The molecule has 1 aromatic carbocycles. The molecule has 0 saturated heterocycles. The van der Waals surface area contributed by atoms with Crippen LogP contribution in [0.3, 0.4) is 0 Å². The first-order chi connectivity index (χ1) is 11.0. The second-order valence-electron chi connectivity index (χ2n) is 6.38. The van der Waals surface area contributed by atoms with Crippen LogP contribution in [0.1, 0.15) is 48.1 Å². The number of anilines is 1. The summed E-state index contributed by atoms with van der Waals surface area (Å²) in [7, 11) is 0. The second-order valence-corrected chi connectivity index (χ2v) is 9.12. The number of carbonyl (C=O) groups is 1. The van der Waals surface area contributed by atoms with E-state index in [1.165, 1.54) is 21.9 Å². The molecular formula is C18H22N2OS2. The summed E-state index contributed by atoms with van der Waals surface area (Å²) in [5.74, 6) is 0.641. The number of thioether (sulfide) groups is 1. The SMILES string of the molecule is CC1CCc2nc(NC(=O)c3ccc(SC(C)C)cc3)sc2C1. The van der Waals surface area contributed by atoms with Gasteiger partial charge in [-0.05, 0) is 49.4 Å². The standard InChI is InChI=1S/C18H22N2OS2/c1-11(2)22-14-7-5-13(6-8-14)17(21)20-18-19-15-9-4-12(3)10-16(15)23-18/h5-8,11-12H,4,9-10H2,1-3H3,(H,19,20,21). The van der Waals surface area contributed by atoms with Crippen molar-refractivity contribution in [3.8, 4) is 0 Å². The Labute approximate surface area is 145 Å². The van der Waals surface area contributed by atoms with E-state index in [1.807, 2.05) is 24.3 Å². The van der Waals surface area contributed by atoms with E-state index in [0.29, 0.717) is 10.8 Å². The number of hydrogen-bond donors (Lipinski definition) is 1. The summed E-state index contributed by atoms with van der Waals surface area (Å²) in [6, 6.07) is 7.79. The zero-order valence-corrected chi connectivity index (χ0v) is 15.4. The number of nitrogens with zero attached hydrogens (tertiary/aromatic N) is 1. The van der Waals surface area contributed by atoms with E-state index in [4.69, 9.17) is 0 Å². The molecular weight excluding hydrogens is 324 g/mol. The molecule has 3 rings (SSSR count). The highest BCUT2D eigenvalue weighted by molar-refractivity contribution is 7.99. The lowest BCUT2D eigenvalue weighted by Crippen LogP contribution is -2.12. The van der Waals surface area contributed by atoms with Gasteiger partial charge in [0.15, 0.2) is 5.13 Å². The number of amides is 1. The number of fused-ring (bicyclic) bond motifs is 1. The highest BCUT2D eigenvalue weighted by atomic mass is 32.2. The van der Waals surface area contributed by atoms with E-state index in [2.05, 4.69) is 31.1 Å². The molecule has 3 nitrogen and oxygen atoms in total. The van der Waals surface area contributed by atoms with Crippen molar-refractivity contribution in [1.29, 1.82) is 0 Å². The van der Waals surface area contributed by atoms with E-state index < -0.39 is 0 Å². The number of rotatable bonds is 4. The molecule has 1 N–H and O–H groups in total. The van der Waals surface area contributed by atoms with Gasteiger partial charge in [-0.15, -0.1) is 23.1 Å². The van der Waals surface area contributed by atoms with Crippen molar-refractivity contribution in [2.75, 3.05) is 5.32 Å². The van der Waals surface area contributed by atoms with Crippen molar-refractivity contribution >= 4 is 34.1 Å². The minimum Gasteiger partial charge on any atom is -0.298 e. The molecule has 2 aromatic rings. The summed E-state index contributed by atoms with van der Waals surface area (Å²) in [6.07, 6.45) is 3.31. The van der Waals surface area contributed by atoms with Gasteiger partial charge in [0.1, 0.15) is 0 Å². The maximum atomic E-state index is 12.4. The molecule has 23 heavy (non-hydrogen) atoms. The summed E-state index contributed by atoms with van der Waals surface area (Å²) in [5, 5.41) is 4.22. The lowest BCUT2D eigenvalue weighted by atomic mass is 9.93. The number of hydrogen-bond acceptors (Lipinski definition) is 4. The molecule has 0 bridgehead atoms. The molecule has 1 heterocycles. The Hall–Kier alpha value is -1.33. The van der Waals surface area contributed by atoms with Crippen LogP contribution in [0.25, 0.3) is 0 Å². The van der Waals surface area contributed by atoms with Gasteiger partial charge in [0.25, 0.3) is 5.91 Å². The number of benzene rings is 1. The topological polar surface area (TPSA) is 42.0 Å². The first kappa shape index (κ1) is 16.5. The van der Waals surface area contributed by atoms with Crippen LogP contribution in [-0.2, 0) is 12.8 Å². The van der Waals surface area contributed by atoms with Gasteiger partial charge in [-0.1, -0.05) is 20.8 Å². The smallest absolute Gasteiger partial charge is 0.257 e. The van der Waals surface area contributed by atoms with Gasteiger partial charge in [0.05, 0.1) is 5.69 Å². The highest BCUT2D eigenvalue weighted by Crippen LogP contribution is 2.32. The fourth-order valence-corrected chi connectivity index (χ4v) is 4.72. The Morgan fingerprint density at radius 2 is 2.09 bits per heavy atom. The summed E-state index contributed by atoms with van der Waals surface area (Å²) in [6.45, 7) is 6.60. The maximum absolute atomic E-state index is 12.4. The van der Waals surface area contributed by atoms with Gasteiger partial charge in [0.2, 0.25) is 0 Å². The monoisotopic (exact) mass is 346 g/mol. The van der Waals surface area contributed by atoms with Crippen LogP contribution >= 0.6 is 23.1 Å². The molecule has 0 spiro atoms. The van der Waals surface area contributed by atoms with Crippen molar-refractivity contribution in [3.63, 3.8) is 0 Å². The molecule has 1 amide bonds. The third-order valence-corrected chi connectivity index (χ3v) is 5.95. The molecule has 0 fully saturated rings. The lowest BCUT2D eigenvalue weighted by molar-refractivity contribution is 0.102. The quantitative estimate of drug-likeness (QED) is 0.790. The Morgan fingerprint density at radius 3 is 2.78 bits per heavy atom. The minimum atomic E-state index is -0.0785. The molecule has 1 unspecified atom stereocenters. The minimum absolute atomic E-state index is 0.0785. The number of nitrogens with one attached hydrogen (secondary N) is 1. The van der Waals surface area contributed by atoms with E-state index in [0.717, 1.165) is 23.9 Å². The first-order valence-electron chi connectivity index (χ1n) is 8.08. The average molecular weight is 347 g/mol. The maximum Gasteiger partial charge on any atom is 0.257 e. The van der Waals surface area contributed by atoms with Crippen molar-refractivity contribution in [2.45, 2.75) is 50.2 Å². The van der Waals surface area contributed by atoms with Crippen LogP contribution < -0.4 is 5.32 Å². The average Bonchev–Trinajstić information content (AvgIpc) is 2.88. The van der Waals surface area contributed by atoms with Gasteiger partial charge in [-0.3, -0.25) is 10.1 Å². The summed E-state index contributed by atoms with van der Waals surface area (Å²) >= 11 is 3.43. The van der Waals surface area contributed by atoms with Crippen LogP contribution in [0.2, 0.25) is 0 Å². The van der Waals surface area contributed by atoms with Crippen LogP contribution in [-0.4, -0.2) is 16.1 Å². The van der Waals surface area contributed by atoms with Crippen molar-refractivity contribution in [2.24, 2.45) is 5.92 Å². The largest absolute Gasteiger partial charge is 0.298 e. The van der Waals surface area contributed by atoms with Crippen LogP contribution in [0.15, 0.2) is 29.2 Å². The van der Waals surface area contributed by atoms with E-state index in [-0.39, 0.29) is 5.91 Å². The molecule has 0 saturated carbocycles. The second kappa shape index (κ2) is 7.05. The summed E-state index contributed by atoms with van der Waals surface area (Å²) in [5.41, 5.74) is 1.85. The zero-order chi connectivity index (χ0) is 16.4. The Bertz CT molecular complexity index is 692. The Kier molecular flexibility index (Phi) is 5.07. The first-order valence-corrected chi connectivity index (χ1v) is 9.77. The number of aryl methyl sites for hydroxylation is 1. The van der Waals surface area contributed by atoms with Crippen LogP contribution in [0, 0.1) is 5.92 Å². The van der Waals surface area contributed by atoms with Crippen LogP contribution in [0.4, 0.5) is 5.13 Å². The van der Waals surface area contributed by atoms with Gasteiger partial charge < -0.3 is 0 Å². The zero-order valence-electron chi connectivity index (χ0n) is 13.8. The van der Waals surface area contributed by atoms with Crippen LogP contribution in [0.5, 0.6) is 0 Å². The highest BCUT2D eigenvalue weighted by Gasteiger charge is 2.20. The van der Waals surface area contributed by atoms with E-state index in [1.54, 1.807) is 23.1 Å².